The fourth-order valence-electron chi connectivity index (χ4n) is 4.33. The molecule has 0 aromatic heterocycles. The van der Waals surface area contributed by atoms with Crippen molar-refractivity contribution in [3.05, 3.63) is 18.2 Å². The molecule has 1 unspecified atom stereocenters. The Hall–Kier alpha value is -2.24. The van der Waals surface area contributed by atoms with Crippen molar-refractivity contribution in [1.82, 2.24) is 4.90 Å². The molecule has 0 radical (unpaired) electrons. The molecule has 1 saturated heterocycles. The number of amides is 2. The third-order valence-corrected chi connectivity index (χ3v) is 5.79. The molecule has 1 aliphatic heterocycles. The minimum atomic E-state index is -0.296. The molecule has 1 saturated carbocycles. The van der Waals surface area contributed by atoms with Gasteiger partial charge in [0, 0.05) is 31.6 Å². The lowest BCUT2D eigenvalue weighted by Crippen LogP contribution is -2.45. The zero-order valence-corrected chi connectivity index (χ0v) is 16.6. The highest BCUT2D eigenvalue weighted by Crippen LogP contribution is 2.36. The van der Waals surface area contributed by atoms with Crippen LogP contribution < -0.4 is 14.4 Å². The van der Waals surface area contributed by atoms with Crippen LogP contribution in [0.4, 0.5) is 5.69 Å². The monoisotopic (exact) mass is 374 g/mol. The van der Waals surface area contributed by atoms with Crippen molar-refractivity contribution in [1.29, 1.82) is 0 Å². The number of hydrogen-bond acceptors (Lipinski definition) is 4. The number of ether oxygens (including phenoxy) is 2. The third kappa shape index (κ3) is 4.04. The van der Waals surface area contributed by atoms with Gasteiger partial charge in [0.05, 0.1) is 25.8 Å². The topological polar surface area (TPSA) is 59.1 Å². The third-order valence-electron chi connectivity index (χ3n) is 5.79. The smallest absolute Gasteiger partial charge is 0.228 e. The van der Waals surface area contributed by atoms with Crippen LogP contribution in [0, 0.1) is 5.92 Å². The Morgan fingerprint density at radius 1 is 1.19 bits per heavy atom. The van der Waals surface area contributed by atoms with Crippen molar-refractivity contribution in [3.63, 3.8) is 0 Å². The number of benzene rings is 1. The standard InChI is InChI=1S/C21H30N2O4/c1-4-22(16-8-6-5-7-9-16)21(25)15-12-20(24)23(14-15)18-13-17(26-2)10-11-19(18)27-3/h10-11,13,15-16H,4-9,12,14H2,1-3H3. The summed E-state index contributed by atoms with van der Waals surface area (Å²) in [7, 11) is 3.17. The lowest BCUT2D eigenvalue weighted by Gasteiger charge is -2.35. The molecule has 2 amide bonds. The highest BCUT2D eigenvalue weighted by Gasteiger charge is 2.39. The van der Waals surface area contributed by atoms with E-state index in [9.17, 15) is 9.59 Å². The molecule has 2 fully saturated rings. The molecule has 2 aliphatic rings. The van der Waals surface area contributed by atoms with E-state index in [1.807, 2.05) is 11.8 Å². The highest BCUT2D eigenvalue weighted by molar-refractivity contribution is 6.01. The van der Waals surface area contributed by atoms with Crippen molar-refractivity contribution in [2.75, 3.05) is 32.2 Å². The van der Waals surface area contributed by atoms with Crippen LogP contribution in [0.5, 0.6) is 11.5 Å². The summed E-state index contributed by atoms with van der Waals surface area (Å²) in [6.45, 7) is 3.13. The van der Waals surface area contributed by atoms with E-state index in [1.54, 1.807) is 37.3 Å². The van der Waals surface area contributed by atoms with Crippen LogP contribution in [0.1, 0.15) is 45.4 Å². The van der Waals surface area contributed by atoms with Crippen molar-refractivity contribution >= 4 is 17.5 Å². The van der Waals surface area contributed by atoms with E-state index in [4.69, 9.17) is 9.47 Å². The SMILES string of the molecule is CCN(C(=O)C1CC(=O)N(c2cc(OC)ccc2OC)C1)C1CCCCC1. The Morgan fingerprint density at radius 2 is 1.93 bits per heavy atom. The second-order valence-corrected chi connectivity index (χ2v) is 7.36. The Balaban J connectivity index is 1.77. The van der Waals surface area contributed by atoms with Gasteiger partial charge in [-0.25, -0.2) is 0 Å². The average molecular weight is 374 g/mol. The van der Waals surface area contributed by atoms with Crippen LogP contribution in [-0.4, -0.2) is 50.1 Å². The minimum absolute atomic E-state index is 0.0420. The van der Waals surface area contributed by atoms with Crippen molar-refractivity contribution < 1.29 is 19.1 Å². The maximum Gasteiger partial charge on any atom is 0.228 e. The molecule has 0 spiro atoms. The number of carbonyl (C=O) groups is 2. The second kappa shape index (κ2) is 8.63. The van der Waals surface area contributed by atoms with E-state index in [1.165, 1.54) is 19.3 Å². The number of anilines is 1. The largest absolute Gasteiger partial charge is 0.497 e. The van der Waals surface area contributed by atoms with Gasteiger partial charge in [0.25, 0.3) is 0 Å². The first kappa shape index (κ1) is 19.5. The normalized spacial score (nSPS) is 20.6. The van der Waals surface area contributed by atoms with Crippen LogP contribution in [0.25, 0.3) is 0 Å². The summed E-state index contributed by atoms with van der Waals surface area (Å²) in [4.78, 5) is 29.5. The van der Waals surface area contributed by atoms with Crippen molar-refractivity contribution in [2.45, 2.75) is 51.5 Å². The minimum Gasteiger partial charge on any atom is -0.497 e. The van der Waals surface area contributed by atoms with E-state index < -0.39 is 0 Å². The molecule has 0 N–H and O–H groups in total. The Labute approximate surface area is 161 Å². The lowest BCUT2D eigenvalue weighted by atomic mass is 9.93. The van der Waals surface area contributed by atoms with Gasteiger partial charge in [0.15, 0.2) is 0 Å². The average Bonchev–Trinajstić information content (AvgIpc) is 3.10. The van der Waals surface area contributed by atoms with Gasteiger partial charge in [0.1, 0.15) is 11.5 Å². The molecular weight excluding hydrogens is 344 g/mol. The summed E-state index contributed by atoms with van der Waals surface area (Å²) in [5.74, 6) is 1.04. The molecule has 148 valence electrons. The quantitative estimate of drug-likeness (QED) is 0.767. The number of carbonyl (C=O) groups excluding carboxylic acids is 2. The van der Waals surface area contributed by atoms with E-state index in [2.05, 4.69) is 0 Å². The first-order valence-corrected chi connectivity index (χ1v) is 9.91. The van der Waals surface area contributed by atoms with Crippen LogP contribution in [0.2, 0.25) is 0 Å². The van der Waals surface area contributed by atoms with E-state index in [-0.39, 0.29) is 24.2 Å². The summed E-state index contributed by atoms with van der Waals surface area (Å²) in [5.41, 5.74) is 0.665. The molecule has 6 heteroatoms. The molecule has 1 aromatic carbocycles. The second-order valence-electron chi connectivity index (χ2n) is 7.36. The fraction of sp³-hybridized carbons (Fsp3) is 0.619. The molecule has 1 atom stereocenters. The molecule has 0 bridgehead atoms. The van der Waals surface area contributed by atoms with Gasteiger partial charge in [-0.15, -0.1) is 0 Å². The maximum absolute atomic E-state index is 13.2. The number of rotatable bonds is 6. The predicted molar refractivity (Wildman–Crippen MR) is 104 cm³/mol. The Bertz CT molecular complexity index is 685. The molecule has 6 nitrogen and oxygen atoms in total. The lowest BCUT2D eigenvalue weighted by molar-refractivity contribution is -0.138. The fourth-order valence-corrected chi connectivity index (χ4v) is 4.33. The van der Waals surface area contributed by atoms with E-state index >= 15 is 0 Å². The summed E-state index contributed by atoms with van der Waals surface area (Å²) in [6.07, 6.45) is 6.04. The van der Waals surface area contributed by atoms with Gasteiger partial charge in [-0.1, -0.05) is 19.3 Å². The number of nitrogens with zero attached hydrogens (tertiary/aromatic N) is 2. The van der Waals surface area contributed by atoms with E-state index in [0.717, 1.165) is 12.8 Å². The van der Waals surface area contributed by atoms with Crippen molar-refractivity contribution in [3.8, 4) is 11.5 Å². The maximum atomic E-state index is 13.2. The van der Waals surface area contributed by atoms with Gasteiger partial charge >= 0.3 is 0 Å². The molecule has 1 aromatic rings. The summed E-state index contributed by atoms with van der Waals surface area (Å²) in [6, 6.07) is 5.71. The highest BCUT2D eigenvalue weighted by atomic mass is 16.5. The van der Waals surface area contributed by atoms with Gasteiger partial charge in [-0.3, -0.25) is 9.59 Å². The first-order valence-electron chi connectivity index (χ1n) is 9.91. The van der Waals surface area contributed by atoms with Gasteiger partial charge in [0.2, 0.25) is 11.8 Å². The number of hydrogen-bond donors (Lipinski definition) is 0. The molecule has 1 heterocycles. The van der Waals surface area contributed by atoms with Crippen LogP contribution in [-0.2, 0) is 9.59 Å². The molecular formula is C21H30N2O4. The first-order chi connectivity index (χ1) is 13.1. The van der Waals surface area contributed by atoms with E-state index in [0.29, 0.717) is 36.3 Å². The van der Waals surface area contributed by atoms with Crippen LogP contribution >= 0.6 is 0 Å². The predicted octanol–water partition coefficient (Wildman–Crippen LogP) is 3.24. The zero-order chi connectivity index (χ0) is 19.4. The van der Waals surface area contributed by atoms with Crippen LogP contribution in [0.15, 0.2) is 18.2 Å². The summed E-state index contributed by atoms with van der Waals surface area (Å²) >= 11 is 0. The van der Waals surface area contributed by atoms with Gasteiger partial charge < -0.3 is 19.3 Å². The number of methoxy groups -OCH3 is 2. The van der Waals surface area contributed by atoms with Gasteiger partial charge in [-0.05, 0) is 31.9 Å². The van der Waals surface area contributed by atoms with Crippen LogP contribution in [0.3, 0.4) is 0 Å². The van der Waals surface area contributed by atoms with Crippen molar-refractivity contribution in [2.24, 2.45) is 5.92 Å². The summed E-state index contributed by atoms with van der Waals surface area (Å²) in [5, 5.41) is 0. The molecule has 27 heavy (non-hydrogen) atoms. The zero-order valence-electron chi connectivity index (χ0n) is 16.6. The molecule has 1 aliphatic carbocycles. The summed E-state index contributed by atoms with van der Waals surface area (Å²) < 4.78 is 10.7. The van der Waals surface area contributed by atoms with Gasteiger partial charge in [-0.2, -0.15) is 0 Å². The Kier molecular flexibility index (Phi) is 6.24. The molecule has 3 rings (SSSR count). The Morgan fingerprint density at radius 3 is 2.56 bits per heavy atom.